The van der Waals surface area contributed by atoms with Crippen LogP contribution in [0.1, 0.15) is 11.1 Å². The first kappa shape index (κ1) is 8.61. The van der Waals surface area contributed by atoms with Crippen molar-refractivity contribution in [2.75, 3.05) is 0 Å². The van der Waals surface area contributed by atoms with Crippen LogP contribution in [0.4, 0.5) is 0 Å². The summed E-state index contributed by atoms with van der Waals surface area (Å²) in [6.07, 6.45) is 3.24. The maximum Gasteiger partial charge on any atom is 0 e. The minimum Gasteiger partial charge on any atom is -0.198 e. The van der Waals surface area contributed by atoms with Gasteiger partial charge in [-0.2, -0.15) is 18.6 Å². The molecule has 0 aliphatic heterocycles. The molecular weight excluding hydrogens is 304 g/mol. The summed E-state index contributed by atoms with van der Waals surface area (Å²) in [5.74, 6) is 0. The number of hydrogen-bond donors (Lipinski definition) is 0. The van der Waals surface area contributed by atoms with E-state index in [1.54, 1.807) is 0 Å². The van der Waals surface area contributed by atoms with Gasteiger partial charge in [0.15, 0.2) is 0 Å². The van der Waals surface area contributed by atoms with E-state index in [0.29, 0.717) is 0 Å². The fourth-order valence-electron chi connectivity index (χ4n) is 1.35. The zero-order chi connectivity index (χ0) is 6.97. The summed E-state index contributed by atoms with van der Waals surface area (Å²) in [4.78, 5) is 0. The molecule has 1 aromatic carbocycles. The van der Waals surface area contributed by atoms with Crippen LogP contribution in [0, 0.1) is 6.92 Å². The largest absolute Gasteiger partial charge is 0.198 e. The maximum absolute atomic E-state index is 3.94. The van der Waals surface area contributed by atoms with E-state index in [0.717, 1.165) is 6.42 Å². The van der Waals surface area contributed by atoms with Crippen LogP contribution >= 0.6 is 0 Å². The van der Waals surface area contributed by atoms with E-state index in [1.165, 1.54) is 16.7 Å². The van der Waals surface area contributed by atoms with E-state index >= 15 is 0 Å². The minimum absolute atomic E-state index is 0. The maximum atomic E-state index is 3.94. The average molecular weight is 313 g/mol. The zero-order valence-corrected chi connectivity index (χ0v) is 9.14. The van der Waals surface area contributed by atoms with Gasteiger partial charge < -0.3 is 0 Å². The van der Waals surface area contributed by atoms with Crippen molar-refractivity contribution in [2.24, 2.45) is 0 Å². The van der Waals surface area contributed by atoms with Crippen LogP contribution in [-0.2, 0) is 27.5 Å². The van der Waals surface area contributed by atoms with Gasteiger partial charge in [0.2, 0.25) is 0 Å². The monoisotopic (exact) mass is 313 g/mol. The van der Waals surface area contributed by atoms with E-state index in [2.05, 4.69) is 37.3 Å². The molecule has 56 valence electrons. The van der Waals surface area contributed by atoms with Crippen LogP contribution in [0.5, 0.6) is 0 Å². The van der Waals surface area contributed by atoms with Gasteiger partial charge in [-0.15, -0.1) is 17.2 Å². The third-order valence-corrected chi connectivity index (χ3v) is 1.93. The van der Waals surface area contributed by atoms with Crippen molar-refractivity contribution >= 4 is 5.57 Å². The molecule has 0 amide bonds. The Morgan fingerprint density at radius 1 is 1.18 bits per heavy atom. The molecule has 1 aliphatic carbocycles. The predicted molar refractivity (Wildman–Crippen MR) is 43.5 cm³/mol. The number of allylic oxidation sites excluding steroid dienone is 2. The summed E-state index contributed by atoms with van der Waals surface area (Å²) in [6.45, 7) is 3.94. The fraction of sp³-hybridized carbons (Fsp3) is 0.100. The first-order valence-corrected chi connectivity index (χ1v) is 3.48. The SMILES string of the molecule is [CH2-]C1=CCc2ccccc21.[W]. The van der Waals surface area contributed by atoms with Gasteiger partial charge in [-0.25, -0.2) is 0 Å². The van der Waals surface area contributed by atoms with Crippen molar-refractivity contribution in [3.63, 3.8) is 0 Å². The molecule has 0 unspecified atom stereocenters. The Hall–Kier alpha value is -0.482. The molecule has 0 atom stereocenters. The minimum atomic E-state index is 0. The second-order valence-electron chi connectivity index (χ2n) is 2.59. The van der Waals surface area contributed by atoms with Crippen LogP contribution in [0.25, 0.3) is 5.57 Å². The third-order valence-electron chi connectivity index (χ3n) is 1.93. The van der Waals surface area contributed by atoms with Gasteiger partial charge in [-0.3, -0.25) is 0 Å². The zero-order valence-electron chi connectivity index (χ0n) is 6.21. The van der Waals surface area contributed by atoms with Gasteiger partial charge >= 0.3 is 0 Å². The molecule has 0 bridgehead atoms. The molecule has 0 saturated heterocycles. The van der Waals surface area contributed by atoms with Crippen LogP contribution in [-0.4, -0.2) is 0 Å². The van der Waals surface area contributed by atoms with Gasteiger partial charge in [-0.1, -0.05) is 24.6 Å². The van der Waals surface area contributed by atoms with Crippen LogP contribution in [0.2, 0.25) is 0 Å². The fourth-order valence-corrected chi connectivity index (χ4v) is 1.35. The van der Waals surface area contributed by atoms with Crippen molar-refractivity contribution in [3.8, 4) is 0 Å². The molecule has 0 saturated carbocycles. The molecule has 0 spiro atoms. The van der Waals surface area contributed by atoms with Gasteiger partial charge in [0.25, 0.3) is 0 Å². The van der Waals surface area contributed by atoms with Crippen molar-refractivity contribution in [3.05, 3.63) is 48.4 Å². The number of benzene rings is 1. The van der Waals surface area contributed by atoms with Crippen LogP contribution in [0.3, 0.4) is 0 Å². The second-order valence-corrected chi connectivity index (χ2v) is 2.59. The van der Waals surface area contributed by atoms with Crippen LogP contribution < -0.4 is 0 Å². The molecule has 0 radical (unpaired) electrons. The second kappa shape index (κ2) is 3.28. The number of hydrogen-bond acceptors (Lipinski definition) is 0. The molecule has 11 heavy (non-hydrogen) atoms. The molecule has 1 heteroatoms. The van der Waals surface area contributed by atoms with Gasteiger partial charge in [0, 0.05) is 21.1 Å². The molecule has 0 N–H and O–H groups in total. The van der Waals surface area contributed by atoms with Gasteiger partial charge in [0.05, 0.1) is 0 Å². The van der Waals surface area contributed by atoms with Crippen molar-refractivity contribution in [2.45, 2.75) is 6.42 Å². The number of fused-ring (bicyclic) bond motifs is 1. The normalized spacial score (nSPS) is 13.3. The Labute approximate surface area is 81.6 Å². The molecule has 1 aromatic rings. The quantitative estimate of drug-likeness (QED) is 0.646. The molecule has 2 rings (SSSR count). The Morgan fingerprint density at radius 2 is 1.91 bits per heavy atom. The van der Waals surface area contributed by atoms with E-state index in [4.69, 9.17) is 0 Å². The molecule has 1 aliphatic rings. The molecule has 0 nitrogen and oxygen atoms in total. The Morgan fingerprint density at radius 3 is 2.64 bits per heavy atom. The van der Waals surface area contributed by atoms with E-state index in [-0.39, 0.29) is 21.1 Å². The first-order chi connectivity index (χ1) is 4.88. The van der Waals surface area contributed by atoms with E-state index in [1.807, 2.05) is 0 Å². The average Bonchev–Trinajstić information content (AvgIpc) is 2.34. The third kappa shape index (κ3) is 1.41. The Bertz CT molecular complexity index is 287. The summed E-state index contributed by atoms with van der Waals surface area (Å²) < 4.78 is 0. The Kier molecular flexibility index (Phi) is 2.57. The summed E-state index contributed by atoms with van der Waals surface area (Å²) in [5, 5.41) is 0. The summed E-state index contributed by atoms with van der Waals surface area (Å²) >= 11 is 0. The molecular formula is C10H9W-. The summed E-state index contributed by atoms with van der Waals surface area (Å²) in [6, 6.07) is 8.42. The van der Waals surface area contributed by atoms with Crippen molar-refractivity contribution in [1.82, 2.24) is 0 Å². The molecule has 0 heterocycles. The van der Waals surface area contributed by atoms with Gasteiger partial charge in [-0.05, 0) is 0 Å². The van der Waals surface area contributed by atoms with E-state index < -0.39 is 0 Å². The van der Waals surface area contributed by atoms with Crippen LogP contribution in [0.15, 0.2) is 30.3 Å². The molecule has 0 fully saturated rings. The topological polar surface area (TPSA) is 0 Å². The van der Waals surface area contributed by atoms with E-state index in [9.17, 15) is 0 Å². The van der Waals surface area contributed by atoms with Gasteiger partial charge in [0.1, 0.15) is 0 Å². The van der Waals surface area contributed by atoms with Crippen molar-refractivity contribution in [1.29, 1.82) is 0 Å². The molecule has 0 aromatic heterocycles. The first-order valence-electron chi connectivity index (χ1n) is 3.48. The van der Waals surface area contributed by atoms with Crippen molar-refractivity contribution < 1.29 is 21.1 Å². The predicted octanol–water partition coefficient (Wildman–Crippen LogP) is 2.46. The standard InChI is InChI=1S/C10H9.W/c1-8-6-7-9-4-2-3-5-10(8)9;/h2-6H,1,7H2;/q-1;. The Balaban J connectivity index is 0.000000605. The summed E-state index contributed by atoms with van der Waals surface area (Å²) in [7, 11) is 0. The summed E-state index contributed by atoms with van der Waals surface area (Å²) in [5.41, 5.74) is 3.91. The smallest absolute Gasteiger partial charge is 0 e. The number of rotatable bonds is 0.